The summed E-state index contributed by atoms with van der Waals surface area (Å²) >= 11 is 0.928. The fraction of sp³-hybridized carbons (Fsp3) is 0.600. The zero-order valence-corrected chi connectivity index (χ0v) is 26.7. The van der Waals surface area contributed by atoms with E-state index in [9.17, 15) is 24.3 Å². The monoisotopic (exact) mass is 633 g/mol. The van der Waals surface area contributed by atoms with Gasteiger partial charge in [0.2, 0.25) is 5.12 Å². The van der Waals surface area contributed by atoms with Crippen LogP contribution >= 0.6 is 11.8 Å². The van der Waals surface area contributed by atoms with E-state index in [1.165, 1.54) is 17.7 Å². The second-order valence-electron chi connectivity index (χ2n) is 14.2. The predicted octanol–water partition coefficient (Wildman–Crippen LogP) is 5.66. The molecule has 2 heterocycles. The molecular weight excluding hydrogens is 593 g/mol. The molecule has 0 spiro atoms. The van der Waals surface area contributed by atoms with Gasteiger partial charge in [-0.3, -0.25) is 9.59 Å². The Morgan fingerprint density at radius 1 is 1.24 bits per heavy atom. The number of aromatic nitrogens is 2. The third kappa shape index (κ3) is 4.72. The highest BCUT2D eigenvalue weighted by Gasteiger charge is 2.71. The molecule has 5 unspecified atom stereocenters. The number of aliphatic hydroxyl groups excluding tert-OH is 1. The normalized spacial score (nSPS) is 36.9. The molecule has 4 aliphatic carbocycles. The largest absolute Gasteiger partial charge is 0.449 e. The average Bonchev–Trinajstić information content (AvgIpc) is 3.56. The number of hydrogen-bond acceptors (Lipinski definition) is 8. The van der Waals surface area contributed by atoms with E-state index in [1.54, 1.807) is 12.1 Å². The van der Waals surface area contributed by atoms with Gasteiger partial charge in [0.05, 0.1) is 48.0 Å². The van der Waals surface area contributed by atoms with Crippen LogP contribution in [0.5, 0.6) is 0 Å². The summed E-state index contributed by atoms with van der Waals surface area (Å²) in [5.74, 6) is -0.934. The molecule has 7 rings (SSSR count). The van der Waals surface area contributed by atoms with Crippen molar-refractivity contribution in [2.75, 3.05) is 19.0 Å². The molecule has 238 valence electrons. The van der Waals surface area contributed by atoms with E-state index in [0.29, 0.717) is 25.9 Å². The van der Waals surface area contributed by atoms with Crippen LogP contribution in [-0.4, -0.2) is 56.6 Å². The van der Waals surface area contributed by atoms with Gasteiger partial charge in [-0.05, 0) is 110 Å². The highest BCUT2D eigenvalue weighted by atomic mass is 32.2. The molecule has 10 heteroatoms. The molecule has 1 aromatic carbocycles. The molecule has 1 aliphatic heterocycles. The maximum atomic E-state index is 14.0. The quantitative estimate of drug-likeness (QED) is 0.420. The van der Waals surface area contributed by atoms with Gasteiger partial charge in [-0.25, -0.2) is 9.07 Å². The first kappa shape index (κ1) is 30.6. The highest BCUT2D eigenvalue weighted by Crippen LogP contribution is 2.69. The van der Waals surface area contributed by atoms with Crippen molar-refractivity contribution >= 4 is 28.9 Å². The minimum Gasteiger partial charge on any atom is -0.449 e. The summed E-state index contributed by atoms with van der Waals surface area (Å²) in [5, 5.41) is 25.8. The minimum absolute atomic E-state index is 0.0137. The van der Waals surface area contributed by atoms with E-state index in [1.807, 2.05) is 17.8 Å². The summed E-state index contributed by atoms with van der Waals surface area (Å²) in [6, 6.07) is 8.40. The number of aliphatic hydroxyl groups is 1. The Hall–Kier alpha value is -3.00. The number of rotatable bonds is 5. The smallest absolute Gasteiger partial charge is 0.312 e. The van der Waals surface area contributed by atoms with Crippen LogP contribution in [0.15, 0.2) is 36.0 Å². The lowest BCUT2D eigenvalue weighted by atomic mass is 9.45. The van der Waals surface area contributed by atoms with Crippen molar-refractivity contribution in [1.82, 2.24) is 9.78 Å². The number of carbonyl (C=O) groups is 2. The molecule has 0 amide bonds. The number of halogens is 1. The summed E-state index contributed by atoms with van der Waals surface area (Å²) < 4.78 is 27.4. The van der Waals surface area contributed by atoms with Crippen molar-refractivity contribution in [3.05, 3.63) is 53.1 Å². The van der Waals surface area contributed by atoms with Crippen LogP contribution in [0.1, 0.15) is 70.1 Å². The van der Waals surface area contributed by atoms with E-state index in [-0.39, 0.29) is 46.5 Å². The Bertz CT molecular complexity index is 1580. The number of allylic oxidation sites excluding steroid dienone is 1. The van der Waals surface area contributed by atoms with Crippen LogP contribution in [0, 0.1) is 51.6 Å². The summed E-state index contributed by atoms with van der Waals surface area (Å²) in [4.78, 5) is 27.6. The van der Waals surface area contributed by atoms with E-state index in [4.69, 9.17) is 9.47 Å². The van der Waals surface area contributed by atoms with Gasteiger partial charge in [0.25, 0.3) is 0 Å². The molecule has 0 radical (unpaired) electrons. The van der Waals surface area contributed by atoms with Crippen molar-refractivity contribution in [2.24, 2.45) is 34.5 Å². The van der Waals surface area contributed by atoms with Crippen molar-refractivity contribution in [3.8, 4) is 11.8 Å². The van der Waals surface area contributed by atoms with Crippen LogP contribution in [0.4, 0.5) is 4.39 Å². The molecule has 2 aromatic rings. The minimum atomic E-state index is -1.40. The number of carbonyl (C=O) groups excluding carboxylic acids is 2. The predicted molar refractivity (Wildman–Crippen MR) is 166 cm³/mol. The van der Waals surface area contributed by atoms with Crippen molar-refractivity contribution in [3.63, 3.8) is 0 Å². The zero-order chi connectivity index (χ0) is 31.6. The lowest BCUT2D eigenvalue weighted by Crippen LogP contribution is -2.62. The fourth-order valence-corrected chi connectivity index (χ4v) is 10.7. The number of benzene rings is 1. The van der Waals surface area contributed by atoms with Crippen LogP contribution in [0.3, 0.4) is 0 Å². The molecule has 0 bridgehead atoms. The first-order chi connectivity index (χ1) is 21.6. The van der Waals surface area contributed by atoms with Crippen LogP contribution in [0.25, 0.3) is 11.8 Å². The van der Waals surface area contributed by atoms with Crippen LogP contribution < -0.4 is 0 Å². The fourth-order valence-electron chi connectivity index (χ4n) is 9.90. The number of nitrogens with zero attached hydrogens (tertiary/aromatic N) is 3. The molecule has 5 aliphatic rings. The summed E-state index contributed by atoms with van der Waals surface area (Å²) in [7, 11) is 0. The number of hydrogen-bond donors (Lipinski definition) is 1. The van der Waals surface area contributed by atoms with E-state index in [0.717, 1.165) is 60.8 Å². The summed E-state index contributed by atoms with van der Waals surface area (Å²) in [6.07, 6.45) is 8.75. The van der Waals surface area contributed by atoms with Gasteiger partial charge in [-0.1, -0.05) is 31.2 Å². The number of thioether (sulfide) groups is 1. The van der Waals surface area contributed by atoms with Gasteiger partial charge >= 0.3 is 5.97 Å². The van der Waals surface area contributed by atoms with Gasteiger partial charge in [-0.15, -0.1) is 0 Å². The third-order valence-corrected chi connectivity index (χ3v) is 12.8. The Morgan fingerprint density at radius 2 is 2.04 bits per heavy atom. The van der Waals surface area contributed by atoms with E-state index < -0.39 is 29.0 Å². The summed E-state index contributed by atoms with van der Waals surface area (Å²) in [6.45, 7) is 5.21. The Balaban J connectivity index is 1.21. The van der Waals surface area contributed by atoms with Gasteiger partial charge in [0.15, 0.2) is 5.60 Å². The average molecular weight is 634 g/mol. The van der Waals surface area contributed by atoms with Gasteiger partial charge in [-0.2, -0.15) is 10.4 Å². The zero-order valence-electron chi connectivity index (χ0n) is 25.8. The summed E-state index contributed by atoms with van der Waals surface area (Å²) in [5.41, 5.74) is 1.73. The van der Waals surface area contributed by atoms with E-state index >= 15 is 0 Å². The lowest BCUT2D eigenvalue weighted by molar-refractivity contribution is -0.201. The molecular formula is C35H40FN3O5S. The third-order valence-electron chi connectivity index (χ3n) is 12.0. The Labute approximate surface area is 267 Å². The van der Waals surface area contributed by atoms with Gasteiger partial charge in [0.1, 0.15) is 5.82 Å². The molecule has 45 heavy (non-hydrogen) atoms. The second-order valence-corrected chi connectivity index (χ2v) is 15.1. The Kier molecular flexibility index (Phi) is 7.73. The molecule has 8 nitrogen and oxygen atoms in total. The number of nitriles is 1. The van der Waals surface area contributed by atoms with Gasteiger partial charge in [0, 0.05) is 12.0 Å². The first-order valence-electron chi connectivity index (χ1n) is 16.2. The number of fused-ring (bicyclic) bond motifs is 6. The molecule has 1 aromatic heterocycles. The topological polar surface area (TPSA) is 114 Å². The number of esters is 1. The lowest BCUT2D eigenvalue weighted by Gasteiger charge is -2.60. The molecule has 3 saturated carbocycles. The molecule has 4 fully saturated rings. The Morgan fingerprint density at radius 3 is 2.78 bits per heavy atom. The molecule has 1 saturated heterocycles. The van der Waals surface area contributed by atoms with Crippen molar-refractivity contribution in [1.29, 1.82) is 5.26 Å². The first-order valence-corrected chi connectivity index (χ1v) is 17.2. The molecule has 1 N–H and O–H groups in total. The highest BCUT2D eigenvalue weighted by molar-refractivity contribution is 8.14. The SMILES string of the molecule is C[C@]12Cc3cnn(-c4ccc(F)cc4)c3C=C1CCC1C2C(O)C[C@@]2(C)[C@H]1CCC2(OC(=O)C1CCCOC1)C(=O)SCC#N. The van der Waals surface area contributed by atoms with Crippen molar-refractivity contribution < 1.29 is 28.6 Å². The second kappa shape index (κ2) is 11.4. The van der Waals surface area contributed by atoms with Crippen LogP contribution in [-0.2, 0) is 25.5 Å². The number of ether oxygens (including phenoxy) is 2. The maximum Gasteiger partial charge on any atom is 0.312 e. The van der Waals surface area contributed by atoms with Crippen molar-refractivity contribution in [2.45, 2.75) is 76.9 Å². The molecule has 8 atom stereocenters. The van der Waals surface area contributed by atoms with Crippen LogP contribution in [0.2, 0.25) is 0 Å². The van der Waals surface area contributed by atoms with E-state index in [2.05, 4.69) is 24.2 Å². The standard InChI is InChI=1S/C35H40FN3O5S/c1-33-17-22-19-38-39(25-8-6-24(36)7-9-25)28(22)16-23(33)5-10-26-27-11-12-35(32(42)45-15-13-37,34(27,2)18-29(40)30(26)33)44-31(41)21-4-3-14-43-20-21/h6-9,16,19,21,26-27,29-30,40H,3-5,10-12,14-15,17-18,20H2,1-2H3/t21?,26?,27-,29?,30?,33-,34-,35?/m0/s1. The maximum absolute atomic E-state index is 14.0. The van der Waals surface area contributed by atoms with Gasteiger partial charge < -0.3 is 14.6 Å².